The van der Waals surface area contributed by atoms with Gasteiger partial charge in [0.15, 0.2) is 0 Å². The third-order valence-electron chi connectivity index (χ3n) is 2.18. The first-order valence-electron chi connectivity index (χ1n) is 4.61. The van der Waals surface area contributed by atoms with Gasteiger partial charge in [0, 0.05) is 11.3 Å². The molecule has 1 aromatic carbocycles. The van der Waals surface area contributed by atoms with E-state index in [1.165, 1.54) is 0 Å². The molecule has 1 atom stereocenters. The summed E-state index contributed by atoms with van der Waals surface area (Å²) in [7, 11) is 0. The van der Waals surface area contributed by atoms with E-state index in [9.17, 15) is 10.1 Å². The lowest BCUT2D eigenvalue weighted by Gasteiger charge is -2.06. The lowest BCUT2D eigenvalue weighted by Crippen LogP contribution is -2.29. The number of benzene rings is 1. The van der Waals surface area contributed by atoms with Crippen LogP contribution in [0.1, 0.15) is 12.0 Å². The van der Waals surface area contributed by atoms with Crippen molar-refractivity contribution >= 4 is 0 Å². The first kappa shape index (κ1) is 10.7. The Kier molecular flexibility index (Phi) is 4.07. The normalized spacial score (nSPS) is 12.4. The Morgan fingerprint density at radius 1 is 1.36 bits per heavy atom. The van der Waals surface area contributed by atoms with Crippen LogP contribution in [-0.2, 0) is 6.42 Å². The van der Waals surface area contributed by atoms with Gasteiger partial charge in [-0.15, -0.1) is 0 Å². The van der Waals surface area contributed by atoms with Crippen molar-refractivity contribution in [2.75, 3.05) is 6.54 Å². The summed E-state index contributed by atoms with van der Waals surface area (Å²) in [4.78, 5) is 10.2. The van der Waals surface area contributed by atoms with Gasteiger partial charge in [0.1, 0.15) is 0 Å². The van der Waals surface area contributed by atoms with Crippen LogP contribution in [-0.4, -0.2) is 17.5 Å². The fraction of sp³-hybridized carbons (Fsp3) is 0.400. The fourth-order valence-electron chi connectivity index (χ4n) is 1.29. The summed E-state index contributed by atoms with van der Waals surface area (Å²) in [6, 6.07) is 9.10. The van der Waals surface area contributed by atoms with Crippen LogP contribution in [0.15, 0.2) is 30.3 Å². The minimum absolute atomic E-state index is 0.111. The molecule has 1 unspecified atom stereocenters. The van der Waals surface area contributed by atoms with Crippen LogP contribution < -0.4 is 5.73 Å². The second-order valence-corrected chi connectivity index (χ2v) is 3.20. The van der Waals surface area contributed by atoms with E-state index in [2.05, 4.69) is 0 Å². The number of nitro groups is 1. The highest BCUT2D eigenvalue weighted by Gasteiger charge is 2.16. The zero-order valence-electron chi connectivity index (χ0n) is 7.93. The molecule has 2 N–H and O–H groups in total. The number of rotatable bonds is 5. The zero-order valence-corrected chi connectivity index (χ0v) is 7.93. The summed E-state index contributed by atoms with van der Waals surface area (Å²) >= 11 is 0. The van der Waals surface area contributed by atoms with Crippen molar-refractivity contribution < 1.29 is 4.92 Å². The quantitative estimate of drug-likeness (QED) is 0.566. The van der Waals surface area contributed by atoms with Crippen LogP contribution in [0.25, 0.3) is 0 Å². The topological polar surface area (TPSA) is 69.2 Å². The van der Waals surface area contributed by atoms with Crippen molar-refractivity contribution in [3.05, 3.63) is 46.0 Å². The second kappa shape index (κ2) is 5.34. The molecule has 0 spiro atoms. The fourth-order valence-corrected chi connectivity index (χ4v) is 1.29. The van der Waals surface area contributed by atoms with E-state index < -0.39 is 6.04 Å². The van der Waals surface area contributed by atoms with Crippen LogP contribution in [0.4, 0.5) is 0 Å². The molecular weight excluding hydrogens is 180 g/mol. The van der Waals surface area contributed by atoms with Gasteiger partial charge < -0.3 is 5.73 Å². The second-order valence-electron chi connectivity index (χ2n) is 3.20. The third-order valence-corrected chi connectivity index (χ3v) is 2.18. The van der Waals surface area contributed by atoms with E-state index in [1.54, 1.807) is 0 Å². The maximum Gasteiger partial charge on any atom is 0.225 e. The molecule has 1 aromatic rings. The standard InChI is InChI=1S/C10H14N2O2/c11-8-10(12(13)14)7-6-9-4-2-1-3-5-9/h1-5,10H,6-8,11H2. The van der Waals surface area contributed by atoms with Crippen molar-refractivity contribution in [3.8, 4) is 0 Å². The molecule has 76 valence electrons. The Hall–Kier alpha value is -1.42. The molecule has 1 rings (SSSR count). The summed E-state index contributed by atoms with van der Waals surface area (Å²) in [5.41, 5.74) is 6.41. The molecule has 0 saturated carbocycles. The lowest BCUT2D eigenvalue weighted by atomic mass is 10.1. The van der Waals surface area contributed by atoms with Crippen molar-refractivity contribution in [2.24, 2.45) is 5.73 Å². The van der Waals surface area contributed by atoms with Crippen LogP contribution >= 0.6 is 0 Å². The van der Waals surface area contributed by atoms with E-state index in [0.29, 0.717) is 12.8 Å². The maximum atomic E-state index is 10.5. The Balaban J connectivity index is 2.44. The van der Waals surface area contributed by atoms with E-state index in [1.807, 2.05) is 30.3 Å². The Bertz CT molecular complexity index is 287. The maximum absolute atomic E-state index is 10.5. The van der Waals surface area contributed by atoms with Gasteiger partial charge in [0.2, 0.25) is 6.04 Å². The number of hydrogen-bond acceptors (Lipinski definition) is 3. The molecule has 0 aliphatic carbocycles. The van der Waals surface area contributed by atoms with E-state index in [-0.39, 0.29) is 11.5 Å². The van der Waals surface area contributed by atoms with Gasteiger partial charge in [0.05, 0.1) is 6.54 Å². The first-order valence-corrected chi connectivity index (χ1v) is 4.61. The molecule has 14 heavy (non-hydrogen) atoms. The molecule has 0 heterocycles. The molecule has 0 saturated heterocycles. The van der Waals surface area contributed by atoms with Crippen molar-refractivity contribution in [2.45, 2.75) is 18.9 Å². The van der Waals surface area contributed by atoms with Gasteiger partial charge in [-0.2, -0.15) is 0 Å². The van der Waals surface area contributed by atoms with Crippen LogP contribution in [0.5, 0.6) is 0 Å². The molecule has 0 aliphatic heterocycles. The summed E-state index contributed by atoms with van der Waals surface area (Å²) < 4.78 is 0. The van der Waals surface area contributed by atoms with E-state index in [0.717, 1.165) is 5.56 Å². The lowest BCUT2D eigenvalue weighted by molar-refractivity contribution is -0.520. The van der Waals surface area contributed by atoms with Crippen molar-refractivity contribution in [1.29, 1.82) is 0 Å². The van der Waals surface area contributed by atoms with Gasteiger partial charge >= 0.3 is 0 Å². The Morgan fingerprint density at radius 2 is 2.00 bits per heavy atom. The number of hydrogen-bond donors (Lipinski definition) is 1. The largest absolute Gasteiger partial charge is 0.325 e. The summed E-state index contributed by atoms with van der Waals surface area (Å²) in [5, 5.41) is 10.5. The highest BCUT2D eigenvalue weighted by Crippen LogP contribution is 2.05. The molecule has 4 heteroatoms. The molecule has 0 fully saturated rings. The summed E-state index contributed by atoms with van der Waals surface area (Å²) in [6.07, 6.45) is 1.22. The molecule has 0 aromatic heterocycles. The highest BCUT2D eigenvalue weighted by atomic mass is 16.6. The molecule has 0 amide bonds. The molecule has 0 bridgehead atoms. The van der Waals surface area contributed by atoms with Crippen LogP contribution in [0.2, 0.25) is 0 Å². The van der Waals surface area contributed by atoms with Gasteiger partial charge in [-0.25, -0.2) is 0 Å². The smallest absolute Gasteiger partial charge is 0.225 e. The zero-order chi connectivity index (χ0) is 10.4. The SMILES string of the molecule is NCC(CCc1ccccc1)[N+](=O)[O-]. The highest BCUT2D eigenvalue weighted by molar-refractivity contribution is 5.14. The average Bonchev–Trinajstić information content (AvgIpc) is 2.20. The van der Waals surface area contributed by atoms with E-state index in [4.69, 9.17) is 5.73 Å². The minimum atomic E-state index is -0.616. The van der Waals surface area contributed by atoms with Crippen molar-refractivity contribution in [1.82, 2.24) is 0 Å². The van der Waals surface area contributed by atoms with Crippen LogP contribution in [0, 0.1) is 10.1 Å². The molecule has 0 aliphatic rings. The van der Waals surface area contributed by atoms with Crippen molar-refractivity contribution in [3.63, 3.8) is 0 Å². The third kappa shape index (κ3) is 3.14. The molecule has 4 nitrogen and oxygen atoms in total. The molecular formula is C10H14N2O2. The predicted molar refractivity (Wildman–Crippen MR) is 54.6 cm³/mol. The Labute approximate surface area is 82.9 Å². The summed E-state index contributed by atoms with van der Waals surface area (Å²) in [5.74, 6) is 0. The Morgan fingerprint density at radius 3 is 2.50 bits per heavy atom. The number of nitrogens with two attached hydrogens (primary N) is 1. The minimum Gasteiger partial charge on any atom is -0.325 e. The first-order chi connectivity index (χ1) is 6.74. The number of nitrogens with zero attached hydrogens (tertiary/aromatic N) is 1. The monoisotopic (exact) mass is 194 g/mol. The molecule has 0 radical (unpaired) electrons. The average molecular weight is 194 g/mol. The number of aryl methyl sites for hydroxylation is 1. The van der Waals surface area contributed by atoms with Crippen LogP contribution in [0.3, 0.4) is 0 Å². The predicted octanol–water partition coefficient (Wildman–Crippen LogP) is 1.22. The van der Waals surface area contributed by atoms with Gasteiger partial charge in [-0.1, -0.05) is 30.3 Å². The van der Waals surface area contributed by atoms with Gasteiger partial charge in [-0.3, -0.25) is 10.1 Å². The van der Waals surface area contributed by atoms with E-state index >= 15 is 0 Å². The van der Waals surface area contributed by atoms with Gasteiger partial charge in [-0.05, 0) is 12.0 Å². The summed E-state index contributed by atoms with van der Waals surface area (Å²) in [6.45, 7) is 0.111. The van der Waals surface area contributed by atoms with Gasteiger partial charge in [0.25, 0.3) is 0 Å².